The van der Waals surface area contributed by atoms with Crippen molar-refractivity contribution < 1.29 is 22.8 Å². The molecule has 3 aliphatic heterocycles. The summed E-state index contributed by atoms with van der Waals surface area (Å²) in [7, 11) is 0. The van der Waals surface area contributed by atoms with E-state index < -0.39 is 23.2 Å². The van der Waals surface area contributed by atoms with E-state index in [9.17, 15) is 22.8 Å². The first-order valence-electron chi connectivity index (χ1n) is 14.5. The Morgan fingerprint density at radius 2 is 1.59 bits per heavy atom. The summed E-state index contributed by atoms with van der Waals surface area (Å²) in [5.74, 6) is -0.435. The van der Waals surface area contributed by atoms with Crippen molar-refractivity contribution in [2.45, 2.75) is 93.5 Å². The van der Waals surface area contributed by atoms with Gasteiger partial charge in [-0.05, 0) is 99.8 Å². The molecule has 1 saturated carbocycles. The molecule has 10 heteroatoms. The summed E-state index contributed by atoms with van der Waals surface area (Å²) >= 11 is 12.6. The molecule has 5 nitrogen and oxygen atoms in total. The Kier molecular flexibility index (Phi) is 7.79. The smallest absolute Gasteiger partial charge is 0.343 e. The third kappa shape index (κ3) is 5.72. The fourth-order valence-corrected chi connectivity index (χ4v) is 7.87. The molecule has 0 radical (unpaired) electrons. The Morgan fingerprint density at radius 3 is 2.15 bits per heavy atom. The van der Waals surface area contributed by atoms with Crippen LogP contribution in [0.25, 0.3) is 0 Å². The molecule has 0 aromatic heterocycles. The zero-order valence-corrected chi connectivity index (χ0v) is 24.2. The van der Waals surface area contributed by atoms with E-state index in [1.165, 1.54) is 25.0 Å². The number of rotatable bonds is 7. The second-order valence-electron chi connectivity index (χ2n) is 12.1. The van der Waals surface area contributed by atoms with Crippen LogP contribution < -0.4 is 5.32 Å². The van der Waals surface area contributed by atoms with E-state index in [1.54, 1.807) is 18.2 Å². The van der Waals surface area contributed by atoms with Gasteiger partial charge >= 0.3 is 6.18 Å². The number of carbonyl (C=O) groups is 2. The first kappa shape index (κ1) is 28.8. The van der Waals surface area contributed by atoms with E-state index >= 15 is 0 Å². The van der Waals surface area contributed by atoms with E-state index in [2.05, 4.69) is 10.2 Å². The van der Waals surface area contributed by atoms with Gasteiger partial charge in [0.2, 0.25) is 11.8 Å². The van der Waals surface area contributed by atoms with Crippen molar-refractivity contribution in [1.29, 1.82) is 0 Å². The fourth-order valence-electron chi connectivity index (χ4n) is 7.28. The number of piperidine rings is 1. The Hall–Kier alpha value is -2.29. The van der Waals surface area contributed by atoms with Crippen molar-refractivity contribution in [1.82, 2.24) is 15.1 Å². The van der Waals surface area contributed by atoms with Gasteiger partial charge in [0, 0.05) is 34.6 Å². The summed E-state index contributed by atoms with van der Waals surface area (Å²) in [6, 6.07) is 9.71. The molecule has 2 bridgehead atoms. The highest BCUT2D eigenvalue weighted by atomic mass is 35.5. The lowest BCUT2D eigenvalue weighted by molar-refractivity contribution is -0.141. The quantitative estimate of drug-likeness (QED) is 0.397. The van der Waals surface area contributed by atoms with Gasteiger partial charge in [-0.25, -0.2) is 0 Å². The van der Waals surface area contributed by atoms with Crippen LogP contribution in [-0.2, 0) is 27.6 Å². The van der Waals surface area contributed by atoms with Gasteiger partial charge in [-0.2, -0.15) is 13.2 Å². The molecule has 3 saturated heterocycles. The molecule has 2 aromatic rings. The number of amides is 2. The standard InChI is InChI=1S/C31H34Cl2F3N3O2/c32-21-7-10-25(26(33)16-21)30(11-12-30)29(41)37-27(15-19-3-5-20(6-4-19)31(34,35)36)28(40)39-22-8-9-23(39)18-24(17-22)38-13-1-2-14-38/h3-7,10,16,22-24,27H,1-2,8-9,11-15,17-18H2,(H,37,41)/t22?,23?,24?,27-/m0/s1. The van der Waals surface area contributed by atoms with Crippen molar-refractivity contribution >= 4 is 35.0 Å². The molecule has 6 rings (SSSR count). The molecule has 4 fully saturated rings. The van der Waals surface area contributed by atoms with Crippen LogP contribution in [-0.4, -0.2) is 58.9 Å². The largest absolute Gasteiger partial charge is 0.416 e. The maximum absolute atomic E-state index is 14.2. The fraction of sp³-hybridized carbons (Fsp3) is 0.548. The molecule has 2 unspecified atom stereocenters. The van der Waals surface area contributed by atoms with E-state index in [0.717, 1.165) is 50.9 Å². The minimum Gasteiger partial charge on any atom is -0.343 e. The molecule has 41 heavy (non-hydrogen) atoms. The summed E-state index contributed by atoms with van der Waals surface area (Å²) in [5.41, 5.74) is -0.356. The maximum atomic E-state index is 14.2. The minimum absolute atomic E-state index is 0.110. The van der Waals surface area contributed by atoms with Gasteiger partial charge in [-0.15, -0.1) is 0 Å². The van der Waals surface area contributed by atoms with Gasteiger partial charge < -0.3 is 15.1 Å². The topological polar surface area (TPSA) is 52.7 Å². The first-order chi connectivity index (χ1) is 19.5. The average Bonchev–Trinajstić information content (AvgIpc) is 3.45. The Morgan fingerprint density at radius 1 is 0.951 bits per heavy atom. The third-order valence-electron chi connectivity index (χ3n) is 9.58. The highest BCUT2D eigenvalue weighted by Gasteiger charge is 2.54. The summed E-state index contributed by atoms with van der Waals surface area (Å²) in [4.78, 5) is 32.6. The molecular formula is C31H34Cl2F3N3O2. The minimum atomic E-state index is -4.45. The van der Waals surface area contributed by atoms with Crippen molar-refractivity contribution in [2.75, 3.05) is 13.1 Å². The van der Waals surface area contributed by atoms with E-state index in [4.69, 9.17) is 23.2 Å². The number of hydrogen-bond acceptors (Lipinski definition) is 3. The third-order valence-corrected chi connectivity index (χ3v) is 10.1. The normalized spacial score (nSPS) is 26.2. The van der Waals surface area contributed by atoms with Gasteiger partial charge in [0.05, 0.1) is 11.0 Å². The SMILES string of the molecule is O=C([C@H](Cc1ccc(C(F)(F)F)cc1)NC(=O)C1(c2ccc(Cl)cc2Cl)CC1)N1C2CCC1CC(N1CCCC1)C2. The number of nitrogens with zero attached hydrogens (tertiary/aromatic N) is 2. The van der Waals surface area contributed by atoms with Crippen LogP contribution in [0.2, 0.25) is 10.0 Å². The molecule has 1 N–H and O–H groups in total. The number of hydrogen-bond donors (Lipinski definition) is 1. The molecule has 3 atom stereocenters. The maximum Gasteiger partial charge on any atom is 0.416 e. The van der Waals surface area contributed by atoms with Gasteiger partial charge in [-0.3, -0.25) is 9.59 Å². The molecule has 2 amide bonds. The van der Waals surface area contributed by atoms with Gasteiger partial charge in [-0.1, -0.05) is 41.4 Å². The van der Waals surface area contributed by atoms with Gasteiger partial charge in [0.15, 0.2) is 0 Å². The summed E-state index contributed by atoms with van der Waals surface area (Å²) in [6.45, 7) is 2.22. The lowest BCUT2D eigenvalue weighted by Gasteiger charge is -2.43. The van der Waals surface area contributed by atoms with Gasteiger partial charge in [0.25, 0.3) is 0 Å². The molecular weight excluding hydrogens is 574 g/mol. The second-order valence-corrected chi connectivity index (χ2v) is 13.0. The van der Waals surface area contributed by atoms with Crippen LogP contribution in [0.4, 0.5) is 13.2 Å². The highest BCUT2D eigenvalue weighted by molar-refractivity contribution is 6.35. The number of carbonyl (C=O) groups excluding carboxylic acids is 2. The van der Waals surface area contributed by atoms with Gasteiger partial charge in [0.1, 0.15) is 6.04 Å². The Bertz CT molecular complexity index is 1290. The zero-order valence-electron chi connectivity index (χ0n) is 22.7. The average molecular weight is 609 g/mol. The molecule has 2 aromatic carbocycles. The summed E-state index contributed by atoms with van der Waals surface area (Å²) < 4.78 is 39.5. The van der Waals surface area contributed by atoms with E-state index in [1.807, 2.05) is 4.90 Å². The predicted octanol–water partition coefficient (Wildman–Crippen LogP) is 6.39. The number of fused-ring (bicyclic) bond motifs is 2. The van der Waals surface area contributed by atoms with E-state index in [0.29, 0.717) is 40.1 Å². The number of halogens is 5. The second kappa shape index (κ2) is 11.1. The zero-order chi connectivity index (χ0) is 28.9. The van der Waals surface area contributed by atoms with Crippen LogP contribution in [0.15, 0.2) is 42.5 Å². The monoisotopic (exact) mass is 607 g/mol. The molecule has 3 heterocycles. The van der Waals surface area contributed by atoms with Crippen molar-refractivity contribution in [3.8, 4) is 0 Å². The van der Waals surface area contributed by atoms with E-state index in [-0.39, 0.29) is 30.3 Å². The Labute approximate surface area is 248 Å². The van der Waals surface area contributed by atoms with Crippen LogP contribution in [0.3, 0.4) is 0 Å². The summed E-state index contributed by atoms with van der Waals surface area (Å²) in [6.07, 6.45) is 3.00. The number of alkyl halides is 3. The Balaban J connectivity index is 1.24. The molecule has 220 valence electrons. The van der Waals surface area contributed by atoms with Crippen molar-refractivity contribution in [3.05, 3.63) is 69.2 Å². The lowest BCUT2D eigenvalue weighted by atomic mass is 9.92. The van der Waals surface area contributed by atoms with Crippen molar-refractivity contribution in [2.24, 2.45) is 0 Å². The lowest BCUT2D eigenvalue weighted by Crippen LogP contribution is -2.58. The first-order valence-corrected chi connectivity index (χ1v) is 15.3. The number of likely N-dealkylation sites (tertiary alicyclic amines) is 1. The highest BCUT2D eigenvalue weighted by Crippen LogP contribution is 2.51. The van der Waals surface area contributed by atoms with Crippen LogP contribution in [0.1, 0.15) is 68.1 Å². The summed E-state index contributed by atoms with van der Waals surface area (Å²) in [5, 5.41) is 3.90. The number of benzene rings is 2. The number of nitrogens with one attached hydrogen (secondary N) is 1. The van der Waals surface area contributed by atoms with Crippen LogP contribution in [0, 0.1) is 0 Å². The van der Waals surface area contributed by atoms with Crippen molar-refractivity contribution in [3.63, 3.8) is 0 Å². The predicted molar refractivity (Wildman–Crippen MR) is 152 cm³/mol. The molecule has 1 aliphatic carbocycles. The van der Waals surface area contributed by atoms with Crippen LogP contribution >= 0.6 is 23.2 Å². The molecule has 0 spiro atoms. The van der Waals surface area contributed by atoms with Crippen LogP contribution in [0.5, 0.6) is 0 Å². The molecule has 4 aliphatic rings.